The fourth-order valence-corrected chi connectivity index (χ4v) is 2.68. The fraction of sp³-hybridized carbons (Fsp3) is 0.500. The maximum Gasteiger partial charge on any atom is 0.248 e. The van der Waals surface area contributed by atoms with Gasteiger partial charge in [-0.2, -0.15) is 0 Å². The van der Waals surface area contributed by atoms with Crippen molar-refractivity contribution in [2.75, 3.05) is 0 Å². The largest absolute Gasteiger partial charge is 0.325 e. The Labute approximate surface area is 132 Å². The van der Waals surface area contributed by atoms with Gasteiger partial charge in [0.1, 0.15) is 0 Å². The van der Waals surface area contributed by atoms with E-state index >= 15 is 0 Å². The molecule has 1 aliphatic carbocycles. The Bertz CT molecular complexity index is 613. The first-order valence-corrected chi connectivity index (χ1v) is 7.71. The molecule has 2 rings (SSSR count). The summed E-state index contributed by atoms with van der Waals surface area (Å²) >= 11 is 0. The molecule has 0 spiro atoms. The Hall–Kier alpha value is -1.97. The predicted octanol–water partition coefficient (Wildman–Crippen LogP) is 3.17. The lowest BCUT2D eigenvalue weighted by molar-refractivity contribution is -0.118. The number of carbonyl (C=O) groups excluding carboxylic acids is 2. The molecule has 0 aromatic heterocycles. The first-order chi connectivity index (χ1) is 10.2. The van der Waals surface area contributed by atoms with E-state index < -0.39 is 0 Å². The van der Waals surface area contributed by atoms with Gasteiger partial charge >= 0.3 is 0 Å². The number of rotatable bonds is 2. The van der Waals surface area contributed by atoms with Crippen LogP contribution in [0.1, 0.15) is 41.0 Å². The van der Waals surface area contributed by atoms with Gasteiger partial charge < -0.3 is 5.32 Å². The summed E-state index contributed by atoms with van der Waals surface area (Å²) < 4.78 is 0. The lowest BCUT2D eigenvalue weighted by Gasteiger charge is -2.34. The Morgan fingerprint density at radius 1 is 1.32 bits per heavy atom. The van der Waals surface area contributed by atoms with Crippen molar-refractivity contribution in [3.05, 3.63) is 35.6 Å². The topological polar surface area (TPSA) is 58.5 Å². The van der Waals surface area contributed by atoms with Crippen molar-refractivity contribution in [2.24, 2.45) is 22.2 Å². The maximum atomic E-state index is 11.9. The molecule has 0 aromatic carbocycles. The first-order valence-electron chi connectivity index (χ1n) is 7.71. The minimum atomic E-state index is -0.126. The summed E-state index contributed by atoms with van der Waals surface area (Å²) in [5.74, 6) is 0.0979. The number of hydrogen-bond donors (Lipinski definition) is 1. The molecule has 1 unspecified atom stereocenters. The van der Waals surface area contributed by atoms with Crippen LogP contribution in [0.5, 0.6) is 0 Å². The number of nitrogens with zero attached hydrogens (tertiary/aromatic N) is 1. The maximum absolute atomic E-state index is 11.9. The zero-order valence-corrected chi connectivity index (χ0v) is 13.9. The quantitative estimate of drug-likeness (QED) is 0.851. The SMILES string of the molecule is CC(C)CC(=O)N=C1C=CC2C(=C1)NC(=O)C=C2C(C)(C)C. The summed E-state index contributed by atoms with van der Waals surface area (Å²) in [6.45, 7) is 10.3. The monoisotopic (exact) mass is 300 g/mol. The van der Waals surface area contributed by atoms with Gasteiger partial charge in [-0.25, -0.2) is 4.99 Å². The number of nitrogens with one attached hydrogen (secondary N) is 1. The molecule has 0 radical (unpaired) electrons. The van der Waals surface area contributed by atoms with Crippen molar-refractivity contribution in [1.29, 1.82) is 0 Å². The van der Waals surface area contributed by atoms with Crippen LogP contribution in [0.25, 0.3) is 0 Å². The molecule has 22 heavy (non-hydrogen) atoms. The number of fused-ring (bicyclic) bond motifs is 1. The molecule has 0 bridgehead atoms. The van der Waals surface area contributed by atoms with Gasteiger partial charge in [0.25, 0.3) is 0 Å². The highest BCUT2D eigenvalue weighted by Crippen LogP contribution is 2.38. The summed E-state index contributed by atoms with van der Waals surface area (Å²) in [6, 6.07) is 0. The van der Waals surface area contributed by atoms with Crippen LogP contribution in [-0.2, 0) is 9.59 Å². The van der Waals surface area contributed by atoms with Gasteiger partial charge in [-0.15, -0.1) is 0 Å². The Balaban J connectivity index is 2.28. The normalized spacial score (nSPS) is 23.1. The van der Waals surface area contributed by atoms with Crippen LogP contribution >= 0.6 is 0 Å². The highest BCUT2D eigenvalue weighted by atomic mass is 16.2. The van der Waals surface area contributed by atoms with E-state index in [1.165, 1.54) is 0 Å². The van der Waals surface area contributed by atoms with E-state index in [2.05, 4.69) is 31.1 Å². The van der Waals surface area contributed by atoms with Gasteiger partial charge in [-0.1, -0.05) is 40.7 Å². The van der Waals surface area contributed by atoms with Crippen LogP contribution in [0.2, 0.25) is 0 Å². The van der Waals surface area contributed by atoms with E-state index in [1.54, 1.807) is 12.2 Å². The molecule has 0 fully saturated rings. The van der Waals surface area contributed by atoms with E-state index in [0.29, 0.717) is 12.1 Å². The summed E-state index contributed by atoms with van der Waals surface area (Å²) in [6.07, 6.45) is 7.79. The Kier molecular flexibility index (Phi) is 4.50. The molecule has 4 nitrogen and oxygen atoms in total. The second-order valence-corrected chi connectivity index (χ2v) is 7.30. The van der Waals surface area contributed by atoms with Crippen molar-refractivity contribution in [2.45, 2.75) is 41.0 Å². The van der Waals surface area contributed by atoms with Gasteiger partial charge in [0.2, 0.25) is 11.8 Å². The molecule has 1 heterocycles. The zero-order chi connectivity index (χ0) is 16.5. The van der Waals surface area contributed by atoms with E-state index in [1.807, 2.05) is 26.0 Å². The van der Waals surface area contributed by atoms with E-state index in [0.717, 1.165) is 11.3 Å². The van der Waals surface area contributed by atoms with Crippen molar-refractivity contribution in [3.63, 3.8) is 0 Å². The van der Waals surface area contributed by atoms with Gasteiger partial charge in [0.15, 0.2) is 0 Å². The number of aliphatic imine (C=N–C) groups is 1. The fourth-order valence-electron chi connectivity index (χ4n) is 2.68. The van der Waals surface area contributed by atoms with Crippen LogP contribution in [0.4, 0.5) is 0 Å². The lowest BCUT2D eigenvalue weighted by atomic mass is 9.74. The van der Waals surface area contributed by atoms with Crippen molar-refractivity contribution < 1.29 is 9.59 Å². The number of amides is 2. The second-order valence-electron chi connectivity index (χ2n) is 7.30. The number of carbonyl (C=O) groups is 2. The van der Waals surface area contributed by atoms with Gasteiger partial charge in [0.05, 0.1) is 5.71 Å². The summed E-state index contributed by atoms with van der Waals surface area (Å²) in [4.78, 5) is 27.8. The second kappa shape index (κ2) is 6.03. The molecule has 2 amide bonds. The Morgan fingerprint density at radius 2 is 2.00 bits per heavy atom. The van der Waals surface area contributed by atoms with Gasteiger partial charge in [-0.05, 0) is 29.1 Å². The van der Waals surface area contributed by atoms with E-state index in [4.69, 9.17) is 0 Å². The van der Waals surface area contributed by atoms with Gasteiger partial charge in [-0.3, -0.25) is 9.59 Å². The third kappa shape index (κ3) is 3.81. The average molecular weight is 300 g/mol. The third-order valence-corrected chi connectivity index (χ3v) is 3.69. The summed E-state index contributed by atoms with van der Waals surface area (Å²) in [5, 5.41) is 2.87. The van der Waals surface area contributed by atoms with Crippen LogP contribution in [0.15, 0.2) is 40.6 Å². The Morgan fingerprint density at radius 3 is 2.59 bits per heavy atom. The predicted molar refractivity (Wildman–Crippen MR) is 88.3 cm³/mol. The van der Waals surface area contributed by atoms with Crippen LogP contribution in [-0.4, -0.2) is 17.5 Å². The lowest BCUT2D eigenvalue weighted by Crippen LogP contribution is -2.36. The first kappa shape index (κ1) is 16.4. The molecule has 2 aliphatic rings. The zero-order valence-electron chi connectivity index (χ0n) is 13.9. The van der Waals surface area contributed by atoms with Crippen LogP contribution in [0.3, 0.4) is 0 Å². The van der Waals surface area contributed by atoms with E-state index in [9.17, 15) is 9.59 Å². The summed E-state index contributed by atoms with van der Waals surface area (Å²) in [5.41, 5.74) is 2.39. The van der Waals surface area contributed by atoms with Crippen LogP contribution in [0, 0.1) is 17.3 Å². The molecule has 1 aliphatic heterocycles. The summed E-state index contributed by atoms with van der Waals surface area (Å²) in [7, 11) is 0. The standard InChI is InChI=1S/C18H24N2O2/c1-11(2)8-16(21)19-12-6-7-13-14(18(3,4)5)10-17(22)20-15(13)9-12/h6-7,9-11,13H,8H2,1-5H3,(H,20,22). The third-order valence-electron chi connectivity index (χ3n) is 3.69. The van der Waals surface area contributed by atoms with E-state index in [-0.39, 0.29) is 29.1 Å². The molecule has 0 saturated heterocycles. The molecular weight excluding hydrogens is 276 g/mol. The number of hydrogen-bond acceptors (Lipinski definition) is 2. The molecule has 0 saturated carbocycles. The minimum absolute atomic E-state index is 0.0526. The molecule has 1 N–H and O–H groups in total. The molecular formula is C18H24N2O2. The molecule has 118 valence electrons. The van der Waals surface area contributed by atoms with Crippen LogP contribution < -0.4 is 5.32 Å². The average Bonchev–Trinajstić information content (AvgIpc) is 2.34. The van der Waals surface area contributed by atoms with Crippen molar-refractivity contribution in [1.82, 2.24) is 5.32 Å². The smallest absolute Gasteiger partial charge is 0.248 e. The van der Waals surface area contributed by atoms with Crippen molar-refractivity contribution in [3.8, 4) is 0 Å². The minimum Gasteiger partial charge on any atom is -0.325 e. The number of allylic oxidation sites excluding steroid dienone is 3. The highest BCUT2D eigenvalue weighted by molar-refractivity contribution is 6.11. The molecule has 4 heteroatoms. The molecule has 0 aromatic rings. The molecule has 1 atom stereocenters. The van der Waals surface area contributed by atoms with Gasteiger partial charge in [0, 0.05) is 24.1 Å². The highest BCUT2D eigenvalue weighted by Gasteiger charge is 2.32. The van der Waals surface area contributed by atoms with Crippen molar-refractivity contribution >= 4 is 17.5 Å².